The molecule has 6 nitrogen and oxygen atoms in total. The van der Waals surface area contributed by atoms with Gasteiger partial charge >= 0.3 is 5.97 Å². The van der Waals surface area contributed by atoms with Gasteiger partial charge in [0, 0.05) is 6.04 Å². The summed E-state index contributed by atoms with van der Waals surface area (Å²) in [5, 5.41) is 9.00. The molecule has 1 aromatic carbocycles. The summed E-state index contributed by atoms with van der Waals surface area (Å²) in [5.41, 5.74) is 1.35. The summed E-state index contributed by atoms with van der Waals surface area (Å²) in [5.74, 6) is 1.12. The second-order valence-corrected chi connectivity index (χ2v) is 5.85. The standard InChI is InChI=1S/C18H21NO5/c1-22-16-6-5-12(9-17(16)23-2)15-4-3-7-19(15)10-14-8-13(11-24-14)18(20)21/h5-6,8-9,11,15H,3-4,7,10H2,1-2H3,(H,20,21). The van der Waals surface area contributed by atoms with Gasteiger partial charge in [-0.15, -0.1) is 0 Å². The van der Waals surface area contributed by atoms with Gasteiger partial charge in [0.05, 0.1) is 26.3 Å². The first-order valence-electron chi connectivity index (χ1n) is 7.89. The number of carbonyl (C=O) groups is 1. The normalized spacial score (nSPS) is 17.8. The highest BCUT2D eigenvalue weighted by atomic mass is 16.5. The second kappa shape index (κ2) is 6.97. The number of likely N-dealkylation sites (tertiary alicyclic amines) is 1. The van der Waals surface area contributed by atoms with Crippen molar-refractivity contribution < 1.29 is 23.8 Å². The number of carboxylic acid groups (broad SMARTS) is 1. The number of rotatable bonds is 6. The SMILES string of the molecule is COc1ccc(C2CCCN2Cc2cc(C(=O)O)co2)cc1OC. The van der Waals surface area contributed by atoms with Crippen molar-refractivity contribution in [2.24, 2.45) is 0 Å². The first-order chi connectivity index (χ1) is 11.6. The highest BCUT2D eigenvalue weighted by Crippen LogP contribution is 2.37. The molecular formula is C18H21NO5. The van der Waals surface area contributed by atoms with E-state index in [9.17, 15) is 4.79 Å². The number of ether oxygens (including phenoxy) is 2. The molecule has 2 heterocycles. The molecule has 0 bridgehead atoms. The molecule has 0 amide bonds. The molecule has 6 heteroatoms. The minimum atomic E-state index is -0.970. The van der Waals surface area contributed by atoms with Gasteiger partial charge in [0.15, 0.2) is 11.5 Å². The van der Waals surface area contributed by atoms with Crippen molar-refractivity contribution in [2.75, 3.05) is 20.8 Å². The van der Waals surface area contributed by atoms with Gasteiger partial charge in [0.25, 0.3) is 0 Å². The van der Waals surface area contributed by atoms with Gasteiger partial charge < -0.3 is 19.0 Å². The molecule has 3 rings (SSSR count). The maximum absolute atomic E-state index is 11.0. The molecule has 2 aromatic rings. The number of methoxy groups -OCH3 is 2. The molecule has 1 atom stereocenters. The first kappa shape index (κ1) is 16.4. The van der Waals surface area contributed by atoms with E-state index in [0.29, 0.717) is 23.8 Å². The molecular weight excluding hydrogens is 310 g/mol. The summed E-state index contributed by atoms with van der Waals surface area (Å²) in [6.07, 6.45) is 3.42. The fraction of sp³-hybridized carbons (Fsp3) is 0.389. The quantitative estimate of drug-likeness (QED) is 0.875. The predicted molar refractivity (Wildman–Crippen MR) is 87.6 cm³/mol. The zero-order valence-electron chi connectivity index (χ0n) is 13.8. The van der Waals surface area contributed by atoms with E-state index in [0.717, 1.165) is 24.9 Å². The van der Waals surface area contributed by atoms with Crippen LogP contribution < -0.4 is 9.47 Å². The summed E-state index contributed by atoms with van der Waals surface area (Å²) < 4.78 is 16.1. The molecule has 1 unspecified atom stereocenters. The Balaban J connectivity index is 1.78. The average molecular weight is 331 g/mol. The first-order valence-corrected chi connectivity index (χ1v) is 7.89. The van der Waals surface area contributed by atoms with Crippen molar-refractivity contribution >= 4 is 5.97 Å². The van der Waals surface area contributed by atoms with Crippen molar-refractivity contribution in [3.8, 4) is 11.5 Å². The molecule has 1 saturated heterocycles. The van der Waals surface area contributed by atoms with Gasteiger partial charge in [-0.05, 0) is 43.1 Å². The zero-order chi connectivity index (χ0) is 17.1. The number of aromatic carboxylic acids is 1. The van der Waals surface area contributed by atoms with E-state index in [4.69, 9.17) is 19.0 Å². The number of carboxylic acids is 1. The highest BCUT2D eigenvalue weighted by Gasteiger charge is 2.27. The fourth-order valence-corrected chi connectivity index (χ4v) is 3.23. The van der Waals surface area contributed by atoms with Gasteiger partial charge in [-0.3, -0.25) is 4.90 Å². The Morgan fingerprint density at radius 1 is 1.29 bits per heavy atom. The summed E-state index contributed by atoms with van der Waals surface area (Å²) in [6, 6.07) is 7.82. The lowest BCUT2D eigenvalue weighted by Gasteiger charge is -2.24. The van der Waals surface area contributed by atoms with E-state index in [1.807, 2.05) is 12.1 Å². The topological polar surface area (TPSA) is 72.1 Å². The van der Waals surface area contributed by atoms with E-state index in [-0.39, 0.29) is 11.6 Å². The molecule has 0 aliphatic carbocycles. The van der Waals surface area contributed by atoms with E-state index < -0.39 is 5.97 Å². The van der Waals surface area contributed by atoms with Gasteiger partial charge in [0.1, 0.15) is 12.0 Å². The fourth-order valence-electron chi connectivity index (χ4n) is 3.23. The lowest BCUT2D eigenvalue weighted by molar-refractivity contribution is 0.0696. The van der Waals surface area contributed by atoms with Crippen LogP contribution in [0.25, 0.3) is 0 Å². The third kappa shape index (κ3) is 3.23. The van der Waals surface area contributed by atoms with Crippen LogP contribution in [0.4, 0.5) is 0 Å². The van der Waals surface area contributed by atoms with Crippen LogP contribution in [0.5, 0.6) is 11.5 Å². The summed E-state index contributed by atoms with van der Waals surface area (Å²) >= 11 is 0. The van der Waals surface area contributed by atoms with Gasteiger partial charge in [0.2, 0.25) is 0 Å². The minimum Gasteiger partial charge on any atom is -0.493 e. The van der Waals surface area contributed by atoms with Crippen LogP contribution >= 0.6 is 0 Å². The van der Waals surface area contributed by atoms with Crippen LogP contribution in [-0.4, -0.2) is 36.7 Å². The number of furan rings is 1. The Hall–Kier alpha value is -2.47. The Bertz CT molecular complexity index is 724. The Morgan fingerprint density at radius 2 is 2.08 bits per heavy atom. The van der Waals surface area contributed by atoms with Crippen LogP contribution in [0, 0.1) is 0 Å². The van der Waals surface area contributed by atoms with E-state index in [1.54, 1.807) is 20.3 Å². The highest BCUT2D eigenvalue weighted by molar-refractivity contribution is 5.87. The summed E-state index contributed by atoms with van der Waals surface area (Å²) in [4.78, 5) is 13.3. The Labute approximate surface area is 140 Å². The lowest BCUT2D eigenvalue weighted by atomic mass is 10.0. The number of nitrogens with zero attached hydrogens (tertiary/aromatic N) is 1. The van der Waals surface area contributed by atoms with Gasteiger partial charge in [-0.25, -0.2) is 4.79 Å². The lowest BCUT2D eigenvalue weighted by Crippen LogP contribution is -2.22. The van der Waals surface area contributed by atoms with Gasteiger partial charge in [-0.2, -0.15) is 0 Å². The van der Waals surface area contributed by atoms with Crippen LogP contribution in [0.3, 0.4) is 0 Å². The van der Waals surface area contributed by atoms with E-state index >= 15 is 0 Å². The molecule has 1 aromatic heterocycles. The van der Waals surface area contributed by atoms with Crippen molar-refractivity contribution in [1.82, 2.24) is 4.90 Å². The molecule has 0 saturated carbocycles. The van der Waals surface area contributed by atoms with Crippen LogP contribution in [0.2, 0.25) is 0 Å². The molecule has 1 aliphatic heterocycles. The largest absolute Gasteiger partial charge is 0.493 e. The van der Waals surface area contributed by atoms with Crippen molar-refractivity contribution in [1.29, 1.82) is 0 Å². The summed E-state index contributed by atoms with van der Waals surface area (Å²) in [6.45, 7) is 1.54. The van der Waals surface area contributed by atoms with Crippen LogP contribution in [0.1, 0.15) is 40.6 Å². The van der Waals surface area contributed by atoms with Crippen molar-refractivity contribution in [3.63, 3.8) is 0 Å². The van der Waals surface area contributed by atoms with Crippen LogP contribution in [0.15, 0.2) is 34.9 Å². The second-order valence-electron chi connectivity index (χ2n) is 5.85. The molecule has 1 fully saturated rings. The number of hydrogen-bond acceptors (Lipinski definition) is 5. The summed E-state index contributed by atoms with van der Waals surface area (Å²) in [7, 11) is 3.25. The zero-order valence-corrected chi connectivity index (χ0v) is 13.8. The smallest absolute Gasteiger partial charge is 0.338 e. The van der Waals surface area contributed by atoms with Crippen molar-refractivity contribution in [2.45, 2.75) is 25.4 Å². The van der Waals surface area contributed by atoms with Crippen molar-refractivity contribution in [3.05, 3.63) is 47.4 Å². The van der Waals surface area contributed by atoms with Crippen LogP contribution in [-0.2, 0) is 6.54 Å². The van der Waals surface area contributed by atoms with Gasteiger partial charge in [-0.1, -0.05) is 6.07 Å². The Kier molecular flexibility index (Phi) is 4.76. The predicted octanol–water partition coefficient (Wildman–Crippen LogP) is 3.33. The maximum Gasteiger partial charge on any atom is 0.338 e. The molecule has 24 heavy (non-hydrogen) atoms. The maximum atomic E-state index is 11.0. The molecule has 0 spiro atoms. The third-order valence-corrected chi connectivity index (χ3v) is 4.42. The van der Waals surface area contributed by atoms with E-state index in [1.165, 1.54) is 6.26 Å². The molecule has 1 N–H and O–H groups in total. The monoisotopic (exact) mass is 331 g/mol. The third-order valence-electron chi connectivity index (χ3n) is 4.42. The molecule has 128 valence electrons. The van der Waals surface area contributed by atoms with E-state index in [2.05, 4.69) is 11.0 Å². The molecule has 1 aliphatic rings. The number of benzene rings is 1. The Morgan fingerprint density at radius 3 is 2.75 bits per heavy atom. The number of hydrogen-bond donors (Lipinski definition) is 1. The molecule has 0 radical (unpaired) electrons. The minimum absolute atomic E-state index is 0.187. The average Bonchev–Trinajstić information content (AvgIpc) is 3.24.